The highest BCUT2D eigenvalue weighted by Gasteiger charge is 2.22. The zero-order chi connectivity index (χ0) is 13.9. The molecule has 3 rings (SSSR count). The fourth-order valence-electron chi connectivity index (χ4n) is 2.48. The Morgan fingerprint density at radius 3 is 3.05 bits per heavy atom. The van der Waals surface area contributed by atoms with Crippen molar-refractivity contribution in [1.82, 2.24) is 15.1 Å². The van der Waals surface area contributed by atoms with E-state index in [4.69, 9.17) is 0 Å². The Morgan fingerprint density at radius 2 is 2.25 bits per heavy atom. The van der Waals surface area contributed by atoms with E-state index >= 15 is 0 Å². The summed E-state index contributed by atoms with van der Waals surface area (Å²) in [5.41, 5.74) is 2.75. The average molecular weight is 287 g/mol. The summed E-state index contributed by atoms with van der Waals surface area (Å²) in [5, 5.41) is 8.52. The molecule has 3 nitrogen and oxygen atoms in total. The van der Waals surface area contributed by atoms with E-state index in [2.05, 4.69) is 59.4 Å². The van der Waals surface area contributed by atoms with Gasteiger partial charge in [0.05, 0.1) is 12.7 Å². The Bertz CT molecular complexity index is 552. The second-order valence-electron chi connectivity index (χ2n) is 5.66. The van der Waals surface area contributed by atoms with Crippen LogP contribution in [0, 0.1) is 0 Å². The van der Waals surface area contributed by atoms with Crippen molar-refractivity contribution in [3.05, 3.63) is 47.8 Å². The number of nitrogens with zero attached hydrogens (tertiary/aromatic N) is 2. The number of benzene rings is 1. The Balaban J connectivity index is 1.57. The van der Waals surface area contributed by atoms with Crippen molar-refractivity contribution < 1.29 is 0 Å². The molecular formula is C16H21N3S. The van der Waals surface area contributed by atoms with E-state index in [1.165, 1.54) is 16.0 Å². The highest BCUT2D eigenvalue weighted by Crippen LogP contribution is 2.37. The summed E-state index contributed by atoms with van der Waals surface area (Å²) in [6.45, 7) is 6.21. The molecule has 0 saturated heterocycles. The molecule has 0 saturated carbocycles. The first-order chi connectivity index (χ1) is 9.70. The lowest BCUT2D eigenvalue weighted by atomic mass is 10.1. The van der Waals surface area contributed by atoms with Crippen LogP contribution in [0.25, 0.3) is 0 Å². The zero-order valence-corrected chi connectivity index (χ0v) is 12.9. The lowest BCUT2D eigenvalue weighted by Gasteiger charge is -2.08. The molecule has 20 heavy (non-hydrogen) atoms. The Hall–Kier alpha value is -1.26. The summed E-state index contributed by atoms with van der Waals surface area (Å²) in [5.74, 6) is 0. The highest BCUT2D eigenvalue weighted by atomic mass is 32.2. The molecule has 2 heterocycles. The summed E-state index contributed by atoms with van der Waals surface area (Å²) >= 11 is 1.98. The fourth-order valence-corrected chi connectivity index (χ4v) is 3.79. The normalized spacial score (nSPS) is 17.6. The first kappa shape index (κ1) is 13.7. The van der Waals surface area contributed by atoms with Crippen LogP contribution in [0.3, 0.4) is 0 Å². The zero-order valence-electron chi connectivity index (χ0n) is 12.0. The van der Waals surface area contributed by atoms with Crippen LogP contribution in [-0.2, 0) is 19.5 Å². The van der Waals surface area contributed by atoms with E-state index < -0.39 is 0 Å². The van der Waals surface area contributed by atoms with Gasteiger partial charge in [0.2, 0.25) is 0 Å². The number of thioether (sulfide) groups is 1. The van der Waals surface area contributed by atoms with Crippen molar-refractivity contribution >= 4 is 11.8 Å². The van der Waals surface area contributed by atoms with Crippen LogP contribution in [0.2, 0.25) is 0 Å². The first-order valence-electron chi connectivity index (χ1n) is 7.20. The van der Waals surface area contributed by atoms with Gasteiger partial charge >= 0.3 is 0 Å². The molecule has 1 aliphatic rings. The van der Waals surface area contributed by atoms with Gasteiger partial charge in [0.25, 0.3) is 0 Å². The van der Waals surface area contributed by atoms with Gasteiger partial charge in [-0.3, -0.25) is 4.68 Å². The van der Waals surface area contributed by atoms with Crippen molar-refractivity contribution in [2.24, 2.45) is 0 Å². The van der Waals surface area contributed by atoms with Gasteiger partial charge in [-0.25, -0.2) is 0 Å². The smallest absolute Gasteiger partial charge is 0.0534 e. The van der Waals surface area contributed by atoms with Crippen LogP contribution >= 0.6 is 11.8 Å². The predicted octanol–water partition coefficient (Wildman–Crippen LogP) is 3.10. The fraction of sp³-hybridized carbons (Fsp3) is 0.438. The third kappa shape index (κ3) is 3.25. The number of hydrogen-bond donors (Lipinski definition) is 1. The molecule has 1 atom stereocenters. The van der Waals surface area contributed by atoms with Crippen LogP contribution in [0.5, 0.6) is 0 Å². The van der Waals surface area contributed by atoms with Gasteiger partial charge < -0.3 is 5.32 Å². The summed E-state index contributed by atoms with van der Waals surface area (Å²) in [6.07, 6.45) is 5.29. The SMILES string of the molecule is CC(C)NCc1cnn(CC2Cc3ccccc3S2)c1. The molecule has 0 amide bonds. The summed E-state index contributed by atoms with van der Waals surface area (Å²) < 4.78 is 2.08. The molecule has 0 spiro atoms. The maximum absolute atomic E-state index is 4.48. The van der Waals surface area contributed by atoms with Crippen LogP contribution in [0.15, 0.2) is 41.6 Å². The largest absolute Gasteiger partial charge is 0.310 e. The molecule has 0 bridgehead atoms. The monoisotopic (exact) mass is 287 g/mol. The van der Waals surface area contributed by atoms with Crippen LogP contribution in [0.1, 0.15) is 25.0 Å². The van der Waals surface area contributed by atoms with Gasteiger partial charge in [-0.2, -0.15) is 5.10 Å². The maximum Gasteiger partial charge on any atom is 0.0534 e. The van der Waals surface area contributed by atoms with Gasteiger partial charge in [-0.05, 0) is 18.1 Å². The molecule has 1 aliphatic heterocycles. The van der Waals surface area contributed by atoms with E-state index in [1.807, 2.05) is 18.0 Å². The number of aromatic nitrogens is 2. The molecule has 0 fully saturated rings. The maximum atomic E-state index is 4.48. The number of fused-ring (bicyclic) bond motifs is 1. The van der Waals surface area contributed by atoms with Crippen molar-refractivity contribution in [1.29, 1.82) is 0 Å². The third-order valence-corrected chi connectivity index (χ3v) is 4.81. The minimum absolute atomic E-state index is 0.512. The summed E-state index contributed by atoms with van der Waals surface area (Å²) in [6, 6.07) is 9.23. The van der Waals surface area contributed by atoms with Crippen molar-refractivity contribution in [2.75, 3.05) is 0 Å². The van der Waals surface area contributed by atoms with E-state index in [0.717, 1.165) is 19.5 Å². The molecule has 4 heteroatoms. The van der Waals surface area contributed by atoms with Gasteiger partial charge in [0.15, 0.2) is 0 Å². The van der Waals surface area contributed by atoms with Crippen molar-refractivity contribution in [2.45, 2.75) is 49.5 Å². The van der Waals surface area contributed by atoms with Crippen molar-refractivity contribution in [3.8, 4) is 0 Å². The lowest BCUT2D eigenvalue weighted by molar-refractivity contribution is 0.582. The summed E-state index contributed by atoms with van der Waals surface area (Å²) in [4.78, 5) is 1.44. The third-order valence-electron chi connectivity index (χ3n) is 3.51. The molecule has 1 aromatic heterocycles. The van der Waals surface area contributed by atoms with Crippen molar-refractivity contribution in [3.63, 3.8) is 0 Å². The van der Waals surface area contributed by atoms with Crippen LogP contribution in [-0.4, -0.2) is 21.1 Å². The topological polar surface area (TPSA) is 29.9 Å². The van der Waals surface area contributed by atoms with Gasteiger partial charge in [-0.1, -0.05) is 32.0 Å². The molecule has 1 unspecified atom stereocenters. The van der Waals surface area contributed by atoms with E-state index in [0.29, 0.717) is 11.3 Å². The van der Waals surface area contributed by atoms with Crippen LogP contribution < -0.4 is 5.32 Å². The molecule has 0 aliphatic carbocycles. The first-order valence-corrected chi connectivity index (χ1v) is 8.08. The Kier molecular flexibility index (Phi) is 4.13. The number of nitrogens with one attached hydrogen (secondary N) is 1. The van der Waals surface area contributed by atoms with Gasteiger partial charge in [-0.15, -0.1) is 11.8 Å². The Labute approximate surface area is 124 Å². The summed E-state index contributed by atoms with van der Waals surface area (Å²) in [7, 11) is 0. The van der Waals surface area contributed by atoms with Gasteiger partial charge in [0, 0.05) is 34.5 Å². The molecule has 1 N–H and O–H groups in total. The number of hydrogen-bond acceptors (Lipinski definition) is 3. The lowest BCUT2D eigenvalue weighted by Crippen LogP contribution is -2.21. The molecule has 106 valence electrons. The van der Waals surface area contributed by atoms with Gasteiger partial charge in [0.1, 0.15) is 0 Å². The standard InChI is InChI=1S/C16H21N3S/c1-12(2)17-8-13-9-18-19(10-13)11-15-7-14-5-3-4-6-16(14)20-15/h3-6,9-10,12,15,17H,7-8,11H2,1-2H3. The molecule has 0 radical (unpaired) electrons. The van der Waals surface area contributed by atoms with Crippen LogP contribution in [0.4, 0.5) is 0 Å². The average Bonchev–Trinajstić information content (AvgIpc) is 3.02. The van der Waals surface area contributed by atoms with E-state index in [9.17, 15) is 0 Å². The van der Waals surface area contributed by atoms with E-state index in [1.54, 1.807) is 0 Å². The predicted molar refractivity (Wildman–Crippen MR) is 84.0 cm³/mol. The van der Waals surface area contributed by atoms with E-state index in [-0.39, 0.29) is 0 Å². The number of rotatable bonds is 5. The Morgan fingerprint density at radius 1 is 1.40 bits per heavy atom. The minimum Gasteiger partial charge on any atom is -0.310 e. The molecular weight excluding hydrogens is 266 g/mol. The quantitative estimate of drug-likeness (QED) is 0.916. The highest BCUT2D eigenvalue weighted by molar-refractivity contribution is 8.00. The second kappa shape index (κ2) is 6.02. The molecule has 2 aromatic rings. The molecule has 1 aromatic carbocycles. The second-order valence-corrected chi connectivity index (χ2v) is 7.00. The minimum atomic E-state index is 0.512.